The first-order valence-corrected chi connectivity index (χ1v) is 13.5. The first-order valence-electron chi connectivity index (χ1n) is 12.0. The van der Waals surface area contributed by atoms with Crippen molar-refractivity contribution < 1.29 is 22.7 Å². The molecule has 10 heteroatoms. The molecule has 0 spiro atoms. The molecule has 3 rings (SSSR count). The van der Waals surface area contributed by atoms with Gasteiger partial charge in [0.1, 0.15) is 0 Å². The number of unbranched alkanes of at least 4 members (excludes halogenated alkanes) is 1. The van der Waals surface area contributed by atoms with Gasteiger partial charge in [-0.2, -0.15) is 0 Å². The quantitative estimate of drug-likeness (QED) is 0.485. The Bertz CT molecular complexity index is 1120. The molecule has 0 aliphatic carbocycles. The number of sulfonamides is 1. The van der Waals surface area contributed by atoms with Gasteiger partial charge in [-0.3, -0.25) is 9.52 Å². The first-order chi connectivity index (χ1) is 16.8. The SMILES string of the molecule is CCCCN(CC)C(=O)c1ccc(N2CCNCC2)c(NS(=O)(=O)c2ccc(OC)c(OC)c2)c1. The molecule has 0 radical (unpaired) electrons. The van der Waals surface area contributed by atoms with Gasteiger partial charge >= 0.3 is 0 Å². The first kappa shape index (κ1) is 26.6. The highest BCUT2D eigenvalue weighted by Crippen LogP contribution is 2.33. The lowest BCUT2D eigenvalue weighted by molar-refractivity contribution is 0.0762. The highest BCUT2D eigenvalue weighted by atomic mass is 32.2. The Morgan fingerprint density at radius 3 is 2.40 bits per heavy atom. The molecule has 192 valence electrons. The Labute approximate surface area is 208 Å². The molecule has 0 saturated carbocycles. The van der Waals surface area contributed by atoms with E-state index in [1.807, 2.05) is 13.0 Å². The standard InChI is InChI=1S/C25H36N4O5S/c1-5-7-14-28(6-2)25(30)19-8-10-22(29-15-12-26-13-16-29)21(17-19)27-35(31,32)20-9-11-23(33-3)24(18-20)34-4/h8-11,17-18,26-27H,5-7,12-16H2,1-4H3. The second-order valence-corrected chi connectivity index (χ2v) is 10.0. The summed E-state index contributed by atoms with van der Waals surface area (Å²) in [4.78, 5) is 17.1. The summed E-state index contributed by atoms with van der Waals surface area (Å²) in [5.41, 5.74) is 1.56. The molecule has 9 nitrogen and oxygen atoms in total. The molecular formula is C25H36N4O5S. The van der Waals surface area contributed by atoms with Crippen molar-refractivity contribution in [3.63, 3.8) is 0 Å². The average Bonchev–Trinajstić information content (AvgIpc) is 2.88. The smallest absolute Gasteiger partial charge is 0.262 e. The van der Waals surface area contributed by atoms with Crippen molar-refractivity contribution in [2.45, 2.75) is 31.6 Å². The van der Waals surface area contributed by atoms with Crippen LogP contribution in [0.4, 0.5) is 11.4 Å². The van der Waals surface area contributed by atoms with Crippen LogP contribution in [-0.2, 0) is 10.0 Å². The minimum Gasteiger partial charge on any atom is -0.493 e. The topological polar surface area (TPSA) is 100 Å². The van der Waals surface area contributed by atoms with Gasteiger partial charge in [0.15, 0.2) is 11.5 Å². The lowest BCUT2D eigenvalue weighted by Gasteiger charge is -2.31. The molecule has 35 heavy (non-hydrogen) atoms. The number of rotatable bonds is 11. The monoisotopic (exact) mass is 504 g/mol. The molecular weight excluding hydrogens is 468 g/mol. The van der Waals surface area contributed by atoms with E-state index in [-0.39, 0.29) is 10.8 Å². The van der Waals surface area contributed by atoms with Gasteiger partial charge in [0, 0.05) is 50.9 Å². The van der Waals surface area contributed by atoms with Crippen LogP contribution in [0.15, 0.2) is 41.3 Å². The van der Waals surface area contributed by atoms with E-state index in [0.717, 1.165) is 44.7 Å². The second kappa shape index (κ2) is 12.1. The molecule has 0 atom stereocenters. The van der Waals surface area contributed by atoms with Crippen LogP contribution in [0.1, 0.15) is 37.0 Å². The molecule has 1 aliphatic rings. The number of ether oxygens (including phenoxy) is 2. The molecule has 2 aromatic carbocycles. The third-order valence-corrected chi connectivity index (χ3v) is 7.42. The van der Waals surface area contributed by atoms with E-state index >= 15 is 0 Å². The van der Waals surface area contributed by atoms with Gasteiger partial charge in [0.25, 0.3) is 15.9 Å². The van der Waals surface area contributed by atoms with Crippen molar-refractivity contribution in [2.75, 3.05) is 63.1 Å². The van der Waals surface area contributed by atoms with Gasteiger partial charge in [-0.1, -0.05) is 13.3 Å². The lowest BCUT2D eigenvalue weighted by atomic mass is 10.1. The lowest BCUT2D eigenvalue weighted by Crippen LogP contribution is -2.43. The molecule has 1 saturated heterocycles. The van der Waals surface area contributed by atoms with Crippen LogP contribution < -0.4 is 24.4 Å². The van der Waals surface area contributed by atoms with E-state index in [1.54, 1.807) is 23.1 Å². The summed E-state index contributed by atoms with van der Waals surface area (Å²) < 4.78 is 40.0. The van der Waals surface area contributed by atoms with Crippen molar-refractivity contribution in [1.29, 1.82) is 0 Å². The summed E-state index contributed by atoms with van der Waals surface area (Å²) in [6.07, 6.45) is 1.90. The van der Waals surface area contributed by atoms with E-state index in [4.69, 9.17) is 9.47 Å². The van der Waals surface area contributed by atoms with Gasteiger partial charge in [0.05, 0.1) is 30.5 Å². The van der Waals surface area contributed by atoms with E-state index in [1.165, 1.54) is 26.4 Å². The summed E-state index contributed by atoms with van der Waals surface area (Å²) in [5, 5.41) is 3.31. The fourth-order valence-electron chi connectivity index (χ4n) is 4.05. The van der Waals surface area contributed by atoms with Crippen LogP contribution in [0, 0.1) is 0 Å². The van der Waals surface area contributed by atoms with E-state index in [9.17, 15) is 13.2 Å². The number of amides is 1. The second-order valence-electron chi connectivity index (χ2n) is 8.33. The van der Waals surface area contributed by atoms with Crippen LogP contribution in [0.3, 0.4) is 0 Å². The van der Waals surface area contributed by atoms with E-state index in [0.29, 0.717) is 35.8 Å². The number of carbonyl (C=O) groups is 1. The van der Waals surface area contributed by atoms with Gasteiger partial charge in [-0.15, -0.1) is 0 Å². The minimum atomic E-state index is -3.97. The van der Waals surface area contributed by atoms with Crippen molar-refractivity contribution in [1.82, 2.24) is 10.2 Å². The zero-order valence-corrected chi connectivity index (χ0v) is 21.8. The zero-order valence-electron chi connectivity index (χ0n) is 21.0. The third kappa shape index (κ3) is 6.37. The number of benzene rings is 2. The maximum atomic E-state index is 13.4. The van der Waals surface area contributed by atoms with Crippen LogP contribution in [-0.4, -0.2) is 72.7 Å². The summed E-state index contributed by atoms with van der Waals surface area (Å²) >= 11 is 0. The third-order valence-electron chi connectivity index (χ3n) is 6.06. The van der Waals surface area contributed by atoms with Gasteiger partial charge < -0.3 is 24.6 Å². The molecule has 0 aromatic heterocycles. The zero-order chi connectivity index (χ0) is 25.4. The minimum absolute atomic E-state index is 0.0382. The van der Waals surface area contributed by atoms with Crippen LogP contribution in [0.25, 0.3) is 0 Å². The predicted molar refractivity (Wildman–Crippen MR) is 138 cm³/mol. The van der Waals surface area contributed by atoms with Crippen LogP contribution >= 0.6 is 0 Å². The Hall–Kier alpha value is -2.98. The Morgan fingerprint density at radius 1 is 1.06 bits per heavy atom. The van der Waals surface area contributed by atoms with Gasteiger partial charge in [0.2, 0.25) is 0 Å². The number of hydrogen-bond donors (Lipinski definition) is 2. The molecule has 1 aliphatic heterocycles. The molecule has 1 heterocycles. The number of piperazine rings is 1. The van der Waals surface area contributed by atoms with Gasteiger partial charge in [-0.25, -0.2) is 8.42 Å². The van der Waals surface area contributed by atoms with Crippen molar-refractivity contribution in [3.8, 4) is 11.5 Å². The normalized spacial score (nSPS) is 13.9. The summed E-state index contributed by atoms with van der Waals surface area (Å²) in [7, 11) is -1.02. The molecule has 1 fully saturated rings. The molecule has 0 bridgehead atoms. The summed E-state index contributed by atoms with van der Waals surface area (Å²) in [6.45, 7) is 8.34. The summed E-state index contributed by atoms with van der Waals surface area (Å²) in [6, 6.07) is 9.70. The number of anilines is 2. The van der Waals surface area contributed by atoms with E-state index < -0.39 is 10.0 Å². The summed E-state index contributed by atoms with van der Waals surface area (Å²) in [5.74, 6) is 0.641. The molecule has 2 N–H and O–H groups in total. The van der Waals surface area contributed by atoms with Crippen LogP contribution in [0.2, 0.25) is 0 Å². The Kier molecular flexibility index (Phi) is 9.22. The fraction of sp³-hybridized carbons (Fsp3) is 0.480. The maximum Gasteiger partial charge on any atom is 0.262 e. The Morgan fingerprint density at radius 2 is 1.77 bits per heavy atom. The molecule has 2 aromatic rings. The fourth-order valence-corrected chi connectivity index (χ4v) is 5.13. The number of methoxy groups -OCH3 is 2. The average molecular weight is 505 g/mol. The van der Waals surface area contributed by atoms with Gasteiger partial charge in [-0.05, 0) is 43.7 Å². The van der Waals surface area contributed by atoms with Crippen molar-refractivity contribution in [3.05, 3.63) is 42.0 Å². The highest BCUT2D eigenvalue weighted by Gasteiger charge is 2.23. The van der Waals surface area contributed by atoms with Crippen molar-refractivity contribution in [2.24, 2.45) is 0 Å². The number of hydrogen-bond acceptors (Lipinski definition) is 7. The number of nitrogens with zero attached hydrogens (tertiary/aromatic N) is 2. The predicted octanol–water partition coefficient (Wildman–Crippen LogP) is 3.18. The highest BCUT2D eigenvalue weighted by molar-refractivity contribution is 7.92. The Balaban J connectivity index is 2.00. The molecule has 0 unspecified atom stereocenters. The van der Waals surface area contributed by atoms with E-state index in [2.05, 4.69) is 21.9 Å². The molecule has 1 amide bonds. The maximum absolute atomic E-state index is 13.4. The van der Waals surface area contributed by atoms with Crippen molar-refractivity contribution >= 4 is 27.3 Å². The number of nitrogens with one attached hydrogen (secondary N) is 2. The van der Waals surface area contributed by atoms with Crippen LogP contribution in [0.5, 0.6) is 11.5 Å². The largest absolute Gasteiger partial charge is 0.493 e. The number of carbonyl (C=O) groups excluding carboxylic acids is 1.